The number of carbonyl (C=O) groups excluding carboxylic acids is 1. The summed E-state index contributed by atoms with van der Waals surface area (Å²) >= 11 is 0. The summed E-state index contributed by atoms with van der Waals surface area (Å²) < 4.78 is 0. The van der Waals surface area contributed by atoms with Gasteiger partial charge in [-0.15, -0.1) is 0 Å². The van der Waals surface area contributed by atoms with E-state index in [1.165, 1.54) is 50.6 Å². The van der Waals surface area contributed by atoms with Gasteiger partial charge in [0.05, 0.1) is 0 Å². The molecular weight excluding hydrogens is 262 g/mol. The number of benzene rings is 1. The third-order valence-corrected chi connectivity index (χ3v) is 5.09. The van der Waals surface area contributed by atoms with Crippen molar-refractivity contribution in [2.24, 2.45) is 11.8 Å². The molecule has 2 atom stereocenters. The van der Waals surface area contributed by atoms with E-state index in [9.17, 15) is 4.79 Å². The molecule has 1 aliphatic heterocycles. The molecule has 21 heavy (non-hydrogen) atoms. The predicted molar refractivity (Wildman–Crippen MR) is 83.5 cm³/mol. The number of fused-ring (bicyclic) bond motifs is 1. The Labute approximate surface area is 126 Å². The Bertz CT molecular complexity index is 483. The molecule has 1 aliphatic carbocycles. The summed E-state index contributed by atoms with van der Waals surface area (Å²) in [6, 6.07) is 8.60. The zero-order valence-electron chi connectivity index (χ0n) is 12.6. The largest absolute Gasteiger partial charge is 0.296 e. The van der Waals surface area contributed by atoms with Gasteiger partial charge in [0.15, 0.2) is 0 Å². The highest BCUT2D eigenvalue weighted by Gasteiger charge is 2.32. The van der Waals surface area contributed by atoms with Crippen LogP contribution in [-0.4, -0.2) is 23.4 Å². The van der Waals surface area contributed by atoms with Crippen molar-refractivity contribution in [3.05, 3.63) is 35.4 Å². The van der Waals surface area contributed by atoms with Gasteiger partial charge in [-0.1, -0.05) is 25.0 Å². The summed E-state index contributed by atoms with van der Waals surface area (Å²) in [5.41, 5.74) is 4.08. The highest BCUT2D eigenvalue weighted by Crippen LogP contribution is 2.35. The first kappa shape index (κ1) is 14.5. The minimum atomic E-state index is -0.230. The van der Waals surface area contributed by atoms with Crippen LogP contribution in [0.4, 0.5) is 0 Å². The van der Waals surface area contributed by atoms with Crippen molar-refractivity contribution >= 4 is 5.91 Å². The van der Waals surface area contributed by atoms with Crippen molar-refractivity contribution in [3.63, 3.8) is 0 Å². The summed E-state index contributed by atoms with van der Waals surface area (Å²) in [6.07, 6.45) is 8.31. The second-order valence-corrected chi connectivity index (χ2v) is 6.39. The minimum Gasteiger partial charge on any atom is -0.296 e. The van der Waals surface area contributed by atoms with Crippen molar-refractivity contribution in [2.45, 2.75) is 51.1 Å². The van der Waals surface area contributed by atoms with Crippen LogP contribution >= 0.6 is 0 Å². The number of hydrazine groups is 1. The Morgan fingerprint density at radius 3 is 2.62 bits per heavy atom. The first-order valence-corrected chi connectivity index (χ1v) is 8.12. The van der Waals surface area contributed by atoms with Gasteiger partial charge in [-0.05, 0) is 55.8 Å². The van der Waals surface area contributed by atoms with E-state index in [0.29, 0.717) is 5.56 Å². The lowest BCUT2D eigenvalue weighted by Crippen LogP contribution is -2.46. The van der Waals surface area contributed by atoms with E-state index in [1.54, 1.807) is 0 Å². The summed E-state index contributed by atoms with van der Waals surface area (Å²) in [5, 5.41) is 0. The smallest absolute Gasteiger partial charge is 0.265 e. The monoisotopic (exact) mass is 287 g/mol. The van der Waals surface area contributed by atoms with Gasteiger partial charge in [-0.25, -0.2) is 5.84 Å². The summed E-state index contributed by atoms with van der Waals surface area (Å²) in [6.45, 7) is 2.22. The molecule has 2 aliphatic rings. The topological polar surface area (TPSA) is 58.4 Å². The number of nitrogens with one attached hydrogen (secondary N) is 1. The molecule has 0 bridgehead atoms. The summed E-state index contributed by atoms with van der Waals surface area (Å²) in [4.78, 5) is 14.1. The Hall–Kier alpha value is -1.39. The standard InChI is InChI=1S/C17H25N3O/c18-19-17(21)15-9-7-13(8-10-15)12-20-11-3-5-14-4-1-2-6-16(14)20/h7-10,14,16H,1-6,11-12,18H2,(H,19,21)/t14-,16-/m1/s1. The van der Waals surface area contributed by atoms with E-state index in [4.69, 9.17) is 5.84 Å². The van der Waals surface area contributed by atoms with Crippen LogP contribution in [0.25, 0.3) is 0 Å². The van der Waals surface area contributed by atoms with Crippen LogP contribution < -0.4 is 11.3 Å². The molecule has 1 saturated carbocycles. The number of carbonyl (C=O) groups is 1. The second kappa shape index (κ2) is 6.58. The molecular formula is C17H25N3O. The van der Waals surface area contributed by atoms with Crippen molar-refractivity contribution < 1.29 is 4.79 Å². The number of likely N-dealkylation sites (tertiary alicyclic amines) is 1. The molecule has 1 heterocycles. The fraction of sp³-hybridized carbons (Fsp3) is 0.588. The van der Waals surface area contributed by atoms with Crippen LogP contribution in [0, 0.1) is 5.92 Å². The van der Waals surface area contributed by atoms with Crippen LogP contribution in [0.1, 0.15) is 54.4 Å². The maximum atomic E-state index is 11.5. The third kappa shape index (κ3) is 3.27. The lowest BCUT2D eigenvalue weighted by Gasteiger charge is -2.44. The number of piperidine rings is 1. The predicted octanol–water partition coefficient (Wildman–Crippen LogP) is 2.44. The molecule has 4 nitrogen and oxygen atoms in total. The summed E-state index contributed by atoms with van der Waals surface area (Å²) in [5.74, 6) is 5.84. The molecule has 2 fully saturated rings. The number of rotatable bonds is 3. The molecule has 4 heteroatoms. The van der Waals surface area contributed by atoms with Gasteiger partial charge in [-0.2, -0.15) is 0 Å². The van der Waals surface area contributed by atoms with E-state index < -0.39 is 0 Å². The first-order chi connectivity index (χ1) is 10.3. The minimum absolute atomic E-state index is 0.230. The van der Waals surface area contributed by atoms with Crippen molar-refractivity contribution in [1.82, 2.24) is 10.3 Å². The zero-order chi connectivity index (χ0) is 14.7. The third-order valence-electron chi connectivity index (χ3n) is 5.09. The van der Waals surface area contributed by atoms with Gasteiger partial charge in [0.2, 0.25) is 0 Å². The van der Waals surface area contributed by atoms with Gasteiger partial charge in [0.1, 0.15) is 0 Å². The average molecular weight is 287 g/mol. The van der Waals surface area contributed by atoms with Gasteiger partial charge in [0.25, 0.3) is 5.91 Å². The Morgan fingerprint density at radius 1 is 1.14 bits per heavy atom. The van der Waals surface area contributed by atoms with Gasteiger partial charge < -0.3 is 0 Å². The average Bonchev–Trinajstić information content (AvgIpc) is 2.55. The molecule has 0 aromatic heterocycles. The van der Waals surface area contributed by atoms with Crippen molar-refractivity contribution in [2.75, 3.05) is 6.54 Å². The fourth-order valence-corrected chi connectivity index (χ4v) is 4.00. The van der Waals surface area contributed by atoms with Gasteiger partial charge >= 0.3 is 0 Å². The van der Waals surface area contributed by atoms with Crippen LogP contribution in [0.3, 0.4) is 0 Å². The lowest BCUT2D eigenvalue weighted by atomic mass is 9.78. The zero-order valence-corrected chi connectivity index (χ0v) is 12.6. The highest BCUT2D eigenvalue weighted by molar-refractivity contribution is 5.93. The van der Waals surface area contributed by atoms with E-state index >= 15 is 0 Å². The normalized spacial score (nSPS) is 26.1. The molecule has 0 unspecified atom stereocenters. The van der Waals surface area contributed by atoms with E-state index in [-0.39, 0.29) is 5.91 Å². The van der Waals surface area contributed by atoms with Crippen molar-refractivity contribution in [1.29, 1.82) is 0 Å². The Kier molecular flexibility index (Phi) is 4.56. The Morgan fingerprint density at radius 2 is 1.86 bits per heavy atom. The number of hydrogen-bond acceptors (Lipinski definition) is 3. The maximum Gasteiger partial charge on any atom is 0.265 e. The molecule has 3 N–H and O–H groups in total. The second-order valence-electron chi connectivity index (χ2n) is 6.39. The van der Waals surface area contributed by atoms with E-state index in [0.717, 1.165) is 18.5 Å². The SMILES string of the molecule is NNC(=O)c1ccc(CN2CCC[C@H]3CCCC[C@H]32)cc1. The first-order valence-electron chi connectivity index (χ1n) is 8.12. The molecule has 3 rings (SSSR count). The number of amides is 1. The number of nitrogen functional groups attached to an aromatic ring is 1. The molecule has 1 amide bonds. The Balaban J connectivity index is 1.66. The highest BCUT2D eigenvalue weighted by atomic mass is 16.2. The van der Waals surface area contributed by atoms with Crippen molar-refractivity contribution in [3.8, 4) is 0 Å². The quantitative estimate of drug-likeness (QED) is 0.510. The molecule has 0 spiro atoms. The molecule has 1 aromatic carbocycles. The number of nitrogens with zero attached hydrogens (tertiary/aromatic N) is 1. The molecule has 1 saturated heterocycles. The summed E-state index contributed by atoms with van der Waals surface area (Å²) in [7, 11) is 0. The fourth-order valence-electron chi connectivity index (χ4n) is 4.00. The van der Waals surface area contributed by atoms with Gasteiger partial charge in [-0.3, -0.25) is 15.1 Å². The molecule has 0 radical (unpaired) electrons. The number of nitrogens with two attached hydrogens (primary N) is 1. The molecule has 1 aromatic rings. The van der Waals surface area contributed by atoms with E-state index in [2.05, 4.69) is 22.5 Å². The lowest BCUT2D eigenvalue weighted by molar-refractivity contribution is 0.0547. The maximum absolute atomic E-state index is 11.5. The number of hydrogen-bond donors (Lipinski definition) is 2. The van der Waals surface area contributed by atoms with E-state index in [1.807, 2.05) is 12.1 Å². The van der Waals surface area contributed by atoms with Crippen LogP contribution in [0.5, 0.6) is 0 Å². The van der Waals surface area contributed by atoms with Crippen LogP contribution in [0.2, 0.25) is 0 Å². The van der Waals surface area contributed by atoms with Crippen LogP contribution in [-0.2, 0) is 6.54 Å². The molecule has 114 valence electrons. The van der Waals surface area contributed by atoms with Crippen LogP contribution in [0.15, 0.2) is 24.3 Å². The van der Waals surface area contributed by atoms with Gasteiger partial charge in [0, 0.05) is 18.2 Å².